The number of fused-ring (bicyclic) bond motifs is 1. The molecule has 4 aromatic rings. The summed E-state index contributed by atoms with van der Waals surface area (Å²) in [5.74, 6) is -0.703. The third kappa shape index (κ3) is 4.27. The van der Waals surface area contributed by atoms with Crippen LogP contribution in [0.2, 0.25) is 0 Å². The Morgan fingerprint density at radius 1 is 1.19 bits per heavy atom. The molecule has 0 N–H and O–H groups in total. The Kier molecular flexibility index (Phi) is 5.95. The van der Waals surface area contributed by atoms with Crippen molar-refractivity contribution < 1.29 is 13.9 Å². The van der Waals surface area contributed by atoms with E-state index in [1.807, 2.05) is 19.9 Å². The van der Waals surface area contributed by atoms with Gasteiger partial charge >= 0.3 is 5.97 Å². The van der Waals surface area contributed by atoms with E-state index in [4.69, 9.17) is 4.74 Å². The van der Waals surface area contributed by atoms with Gasteiger partial charge in [-0.15, -0.1) is 11.3 Å². The van der Waals surface area contributed by atoms with Gasteiger partial charge in [-0.25, -0.2) is 14.2 Å². The van der Waals surface area contributed by atoms with E-state index in [0.29, 0.717) is 22.4 Å². The van der Waals surface area contributed by atoms with Crippen molar-refractivity contribution in [3.8, 4) is 11.1 Å². The molecule has 0 atom stereocenters. The zero-order chi connectivity index (χ0) is 22.0. The lowest BCUT2D eigenvalue weighted by Crippen LogP contribution is -2.21. The number of nitrogens with zero attached hydrogens (tertiary/aromatic N) is 2. The highest BCUT2D eigenvalue weighted by atomic mass is 32.1. The molecular formula is C24H21FN2O3S. The second-order valence-corrected chi connectivity index (χ2v) is 8.44. The molecule has 0 amide bonds. The van der Waals surface area contributed by atoms with Crippen LogP contribution < -0.4 is 5.56 Å². The quantitative estimate of drug-likeness (QED) is 0.391. The molecule has 0 saturated carbocycles. The predicted octanol–water partition coefficient (Wildman–Crippen LogP) is 5.19. The number of aryl methyl sites for hydroxylation is 1. The Labute approximate surface area is 182 Å². The smallest absolute Gasteiger partial charge is 0.338 e. The van der Waals surface area contributed by atoms with Crippen molar-refractivity contribution in [3.05, 3.63) is 87.0 Å². The van der Waals surface area contributed by atoms with E-state index in [2.05, 4.69) is 4.98 Å². The van der Waals surface area contributed by atoms with Crippen molar-refractivity contribution in [3.63, 3.8) is 0 Å². The Hall–Kier alpha value is -3.32. The van der Waals surface area contributed by atoms with E-state index in [1.165, 1.54) is 34.4 Å². The van der Waals surface area contributed by atoms with Crippen LogP contribution in [0.3, 0.4) is 0 Å². The number of carbonyl (C=O) groups excluding carboxylic acids is 1. The number of aromatic nitrogens is 2. The van der Waals surface area contributed by atoms with Crippen molar-refractivity contribution in [2.45, 2.75) is 26.8 Å². The Morgan fingerprint density at radius 3 is 2.71 bits per heavy atom. The third-order valence-corrected chi connectivity index (χ3v) is 5.95. The SMILES string of the molecule is CCCOC(=O)c1cccc(Cn2cnc3sc(C)c(-c4ccc(F)cc4)c3c2=O)c1. The molecule has 5 nitrogen and oxygen atoms in total. The number of ether oxygens (including phenoxy) is 1. The average molecular weight is 437 g/mol. The number of esters is 1. The summed E-state index contributed by atoms with van der Waals surface area (Å²) in [6, 6.07) is 13.2. The van der Waals surface area contributed by atoms with Gasteiger partial charge in [-0.05, 0) is 48.7 Å². The van der Waals surface area contributed by atoms with Crippen LogP contribution in [0.5, 0.6) is 0 Å². The molecule has 7 heteroatoms. The van der Waals surface area contributed by atoms with Gasteiger partial charge in [-0.2, -0.15) is 0 Å². The Morgan fingerprint density at radius 2 is 1.97 bits per heavy atom. The molecule has 158 valence electrons. The standard InChI is InChI=1S/C24H21FN2O3S/c1-3-11-30-24(29)18-6-4-5-16(12-18)13-27-14-26-22-21(23(27)28)20(15(2)31-22)17-7-9-19(25)10-8-17/h4-10,12,14H,3,11,13H2,1-2H3. The number of carbonyl (C=O) groups is 1. The molecule has 2 heterocycles. The van der Waals surface area contributed by atoms with Crippen molar-refractivity contribution in [2.24, 2.45) is 0 Å². The molecule has 0 unspecified atom stereocenters. The summed E-state index contributed by atoms with van der Waals surface area (Å²) in [6.07, 6.45) is 2.28. The maximum Gasteiger partial charge on any atom is 0.338 e. The number of halogens is 1. The van der Waals surface area contributed by atoms with Gasteiger partial charge in [0.2, 0.25) is 0 Å². The van der Waals surface area contributed by atoms with E-state index in [0.717, 1.165) is 28.0 Å². The summed E-state index contributed by atoms with van der Waals surface area (Å²) in [5.41, 5.74) is 2.63. The molecule has 0 aliphatic rings. The zero-order valence-electron chi connectivity index (χ0n) is 17.2. The van der Waals surface area contributed by atoms with E-state index < -0.39 is 0 Å². The lowest BCUT2D eigenvalue weighted by molar-refractivity contribution is 0.0505. The highest BCUT2D eigenvalue weighted by Gasteiger charge is 2.17. The minimum absolute atomic E-state index is 0.173. The van der Waals surface area contributed by atoms with Crippen molar-refractivity contribution in [2.75, 3.05) is 6.61 Å². The van der Waals surface area contributed by atoms with Gasteiger partial charge in [-0.1, -0.05) is 31.2 Å². The molecule has 4 rings (SSSR count). The fourth-order valence-electron chi connectivity index (χ4n) is 3.49. The minimum atomic E-state index is -0.378. The van der Waals surface area contributed by atoms with Gasteiger partial charge < -0.3 is 4.74 Å². The summed E-state index contributed by atoms with van der Waals surface area (Å²) in [4.78, 5) is 31.6. The summed E-state index contributed by atoms with van der Waals surface area (Å²) in [7, 11) is 0. The van der Waals surface area contributed by atoms with Crippen LogP contribution >= 0.6 is 11.3 Å². The molecular weight excluding hydrogens is 415 g/mol. The van der Waals surface area contributed by atoms with Gasteiger partial charge in [0.05, 0.1) is 30.4 Å². The van der Waals surface area contributed by atoms with Gasteiger partial charge in [-0.3, -0.25) is 9.36 Å². The van der Waals surface area contributed by atoms with Gasteiger partial charge in [0.25, 0.3) is 5.56 Å². The monoisotopic (exact) mass is 436 g/mol. The van der Waals surface area contributed by atoms with Crippen molar-refractivity contribution in [1.29, 1.82) is 0 Å². The minimum Gasteiger partial charge on any atom is -0.462 e. The summed E-state index contributed by atoms with van der Waals surface area (Å²) in [5, 5.41) is 0.523. The molecule has 0 saturated heterocycles. The molecule has 31 heavy (non-hydrogen) atoms. The van der Waals surface area contributed by atoms with Crippen molar-refractivity contribution >= 4 is 27.5 Å². The molecule has 2 aromatic heterocycles. The lowest BCUT2D eigenvalue weighted by Gasteiger charge is -2.09. The Balaban J connectivity index is 1.72. The first-order valence-corrected chi connectivity index (χ1v) is 10.8. The lowest BCUT2D eigenvalue weighted by atomic mass is 10.0. The predicted molar refractivity (Wildman–Crippen MR) is 120 cm³/mol. The zero-order valence-corrected chi connectivity index (χ0v) is 18.0. The van der Waals surface area contributed by atoms with E-state index >= 15 is 0 Å². The summed E-state index contributed by atoms with van der Waals surface area (Å²) < 4.78 is 20.1. The van der Waals surface area contributed by atoms with E-state index in [-0.39, 0.29) is 23.9 Å². The average Bonchev–Trinajstić information content (AvgIpc) is 3.11. The van der Waals surface area contributed by atoms with Crippen LogP contribution in [-0.2, 0) is 11.3 Å². The molecule has 0 radical (unpaired) electrons. The second kappa shape index (κ2) is 8.81. The highest BCUT2D eigenvalue weighted by Crippen LogP contribution is 2.35. The number of benzene rings is 2. The van der Waals surface area contributed by atoms with Gasteiger partial charge in [0, 0.05) is 10.4 Å². The number of thiophene rings is 1. The molecule has 2 aromatic carbocycles. The fraction of sp³-hybridized carbons (Fsp3) is 0.208. The van der Waals surface area contributed by atoms with Gasteiger partial charge in [0.1, 0.15) is 10.6 Å². The molecule has 0 aliphatic heterocycles. The second-order valence-electron chi connectivity index (χ2n) is 7.23. The normalized spacial score (nSPS) is 11.1. The van der Waals surface area contributed by atoms with E-state index in [9.17, 15) is 14.0 Å². The van der Waals surface area contributed by atoms with E-state index in [1.54, 1.807) is 30.3 Å². The first-order chi connectivity index (χ1) is 15.0. The molecule has 0 bridgehead atoms. The third-order valence-electron chi connectivity index (χ3n) is 4.94. The molecule has 0 fully saturated rings. The summed E-state index contributed by atoms with van der Waals surface area (Å²) in [6.45, 7) is 4.51. The van der Waals surface area contributed by atoms with Crippen LogP contribution in [0.15, 0.2) is 59.7 Å². The Bertz CT molecular complexity index is 1310. The maximum atomic E-state index is 13.4. The largest absolute Gasteiger partial charge is 0.462 e. The topological polar surface area (TPSA) is 61.2 Å². The van der Waals surface area contributed by atoms with Gasteiger partial charge in [0.15, 0.2) is 0 Å². The number of rotatable bonds is 6. The van der Waals surface area contributed by atoms with Crippen molar-refractivity contribution in [1.82, 2.24) is 9.55 Å². The number of hydrogen-bond donors (Lipinski definition) is 0. The van der Waals surface area contributed by atoms with Crippen LogP contribution in [0, 0.1) is 12.7 Å². The first kappa shape index (κ1) is 20.9. The van der Waals surface area contributed by atoms with Crippen LogP contribution in [0.4, 0.5) is 4.39 Å². The van der Waals surface area contributed by atoms with Crippen LogP contribution in [0.1, 0.15) is 34.1 Å². The molecule has 0 spiro atoms. The highest BCUT2D eigenvalue weighted by molar-refractivity contribution is 7.19. The summed E-state index contributed by atoms with van der Waals surface area (Å²) >= 11 is 1.44. The first-order valence-electron chi connectivity index (χ1n) is 9.98. The molecule has 0 aliphatic carbocycles. The van der Waals surface area contributed by atoms with Crippen LogP contribution in [0.25, 0.3) is 21.3 Å². The maximum absolute atomic E-state index is 13.4. The number of hydrogen-bond acceptors (Lipinski definition) is 5. The van der Waals surface area contributed by atoms with Crippen LogP contribution in [-0.4, -0.2) is 22.1 Å². The fourth-order valence-corrected chi connectivity index (χ4v) is 4.49.